The molecule has 3 aromatic heterocycles. The van der Waals surface area contributed by atoms with Crippen LogP contribution in [0.25, 0.3) is 55.2 Å². The maximum atomic E-state index is 6.04. The van der Waals surface area contributed by atoms with Crippen molar-refractivity contribution < 1.29 is 4.74 Å². The molecule has 0 unspecified atom stereocenters. The molecular weight excluding hydrogens is 400 g/mol. The molecule has 0 bridgehead atoms. The van der Waals surface area contributed by atoms with Gasteiger partial charge in [-0.05, 0) is 43.2 Å². The average molecular weight is 418 g/mol. The number of nitrogens with one attached hydrogen (secondary N) is 2. The second-order valence-electron chi connectivity index (χ2n) is 8.21. The number of benzene rings is 3. The SMILES string of the molecule is Cc1nc2c([nH]1)COc1cc(-c3ccc4c(c3)c3nccnc3c3[nH]c(C)nc43)ccc1-2. The number of nitrogens with zero attached hydrogens (tertiary/aromatic N) is 4. The number of fused-ring (bicyclic) bond motifs is 9. The lowest BCUT2D eigenvalue weighted by Gasteiger charge is -2.18. The maximum Gasteiger partial charge on any atom is 0.130 e. The van der Waals surface area contributed by atoms with Gasteiger partial charge in [-0.1, -0.05) is 18.2 Å². The number of rotatable bonds is 1. The van der Waals surface area contributed by atoms with Crippen LogP contribution in [0.3, 0.4) is 0 Å². The Labute approximate surface area is 182 Å². The zero-order chi connectivity index (χ0) is 21.4. The predicted molar refractivity (Wildman–Crippen MR) is 124 cm³/mol. The number of H-pyrrole nitrogens is 2. The summed E-state index contributed by atoms with van der Waals surface area (Å²) < 4.78 is 6.04. The van der Waals surface area contributed by atoms with E-state index in [0.29, 0.717) is 6.61 Å². The van der Waals surface area contributed by atoms with Crippen molar-refractivity contribution in [1.29, 1.82) is 0 Å². The predicted octanol–water partition coefficient (Wildman–Crippen LogP) is 5.23. The van der Waals surface area contributed by atoms with Crippen LogP contribution in [0.2, 0.25) is 0 Å². The van der Waals surface area contributed by atoms with Gasteiger partial charge in [0.25, 0.3) is 0 Å². The fraction of sp³-hybridized carbons (Fsp3) is 0.120. The first kappa shape index (κ1) is 17.4. The normalized spacial score (nSPS) is 12.8. The molecule has 0 atom stereocenters. The summed E-state index contributed by atoms with van der Waals surface area (Å²) in [6.45, 7) is 4.43. The Kier molecular flexibility index (Phi) is 3.34. The Hall–Kier alpha value is -4.26. The zero-order valence-corrected chi connectivity index (χ0v) is 17.5. The van der Waals surface area contributed by atoms with Gasteiger partial charge >= 0.3 is 0 Å². The summed E-state index contributed by atoms with van der Waals surface area (Å²) in [7, 11) is 0. The Morgan fingerprint density at radius 3 is 2.47 bits per heavy atom. The van der Waals surface area contributed by atoms with Crippen molar-refractivity contribution in [3.05, 3.63) is 66.1 Å². The Morgan fingerprint density at radius 2 is 1.56 bits per heavy atom. The van der Waals surface area contributed by atoms with Gasteiger partial charge in [-0.15, -0.1) is 0 Å². The molecule has 6 aromatic rings. The first-order chi connectivity index (χ1) is 15.7. The summed E-state index contributed by atoms with van der Waals surface area (Å²) in [5.74, 6) is 2.62. The van der Waals surface area contributed by atoms with Gasteiger partial charge < -0.3 is 14.7 Å². The topological polar surface area (TPSA) is 92.4 Å². The van der Waals surface area contributed by atoms with Crippen LogP contribution in [-0.4, -0.2) is 29.9 Å². The Bertz CT molecular complexity index is 1710. The zero-order valence-electron chi connectivity index (χ0n) is 17.5. The molecule has 32 heavy (non-hydrogen) atoms. The van der Waals surface area contributed by atoms with Crippen molar-refractivity contribution in [3.8, 4) is 28.1 Å². The molecule has 154 valence electrons. The average Bonchev–Trinajstić information content (AvgIpc) is 3.40. The number of imidazole rings is 2. The number of ether oxygens (including phenoxy) is 1. The number of aromatic amines is 2. The van der Waals surface area contributed by atoms with E-state index in [1.807, 2.05) is 13.8 Å². The fourth-order valence-electron chi connectivity index (χ4n) is 4.74. The third-order valence-electron chi connectivity index (χ3n) is 6.13. The van der Waals surface area contributed by atoms with Gasteiger partial charge in [-0.2, -0.15) is 0 Å². The molecule has 0 radical (unpaired) electrons. The van der Waals surface area contributed by atoms with Crippen LogP contribution in [0.5, 0.6) is 5.75 Å². The first-order valence-corrected chi connectivity index (χ1v) is 10.5. The summed E-state index contributed by atoms with van der Waals surface area (Å²) in [6, 6.07) is 12.7. The van der Waals surface area contributed by atoms with E-state index in [1.165, 1.54) is 0 Å². The molecule has 1 aliphatic heterocycles. The maximum absolute atomic E-state index is 6.04. The molecule has 7 nitrogen and oxygen atoms in total. The highest BCUT2D eigenvalue weighted by molar-refractivity contribution is 6.21. The summed E-state index contributed by atoms with van der Waals surface area (Å²) >= 11 is 0. The summed E-state index contributed by atoms with van der Waals surface area (Å²) in [5.41, 5.74) is 8.75. The number of hydrogen-bond acceptors (Lipinski definition) is 5. The van der Waals surface area contributed by atoms with Crippen molar-refractivity contribution in [2.75, 3.05) is 0 Å². The highest BCUT2D eigenvalue weighted by Crippen LogP contribution is 2.40. The molecule has 1 aliphatic rings. The van der Waals surface area contributed by atoms with Crippen LogP contribution in [0, 0.1) is 13.8 Å². The Morgan fingerprint density at radius 1 is 0.781 bits per heavy atom. The van der Waals surface area contributed by atoms with E-state index >= 15 is 0 Å². The van der Waals surface area contributed by atoms with E-state index in [1.54, 1.807) is 12.4 Å². The van der Waals surface area contributed by atoms with Crippen LogP contribution in [0.15, 0.2) is 48.8 Å². The molecule has 0 spiro atoms. The van der Waals surface area contributed by atoms with E-state index in [4.69, 9.17) is 9.72 Å². The molecule has 0 saturated carbocycles. The summed E-state index contributed by atoms with van der Waals surface area (Å²) in [4.78, 5) is 25.2. The number of aromatic nitrogens is 6. The van der Waals surface area contributed by atoms with Gasteiger partial charge in [0.1, 0.15) is 29.5 Å². The van der Waals surface area contributed by atoms with E-state index in [2.05, 4.69) is 61.3 Å². The molecule has 4 heterocycles. The lowest BCUT2D eigenvalue weighted by molar-refractivity contribution is 0.298. The van der Waals surface area contributed by atoms with E-state index in [9.17, 15) is 0 Å². The van der Waals surface area contributed by atoms with Gasteiger partial charge in [-0.3, -0.25) is 9.97 Å². The lowest BCUT2D eigenvalue weighted by atomic mass is 9.97. The highest BCUT2D eigenvalue weighted by Gasteiger charge is 2.21. The largest absolute Gasteiger partial charge is 0.487 e. The lowest BCUT2D eigenvalue weighted by Crippen LogP contribution is -2.05. The molecule has 0 aliphatic carbocycles. The van der Waals surface area contributed by atoms with Crippen LogP contribution in [0.4, 0.5) is 0 Å². The smallest absolute Gasteiger partial charge is 0.130 e. The van der Waals surface area contributed by atoms with Crippen molar-refractivity contribution >= 4 is 32.8 Å². The molecule has 7 heteroatoms. The molecule has 0 amide bonds. The van der Waals surface area contributed by atoms with Crippen molar-refractivity contribution in [1.82, 2.24) is 29.9 Å². The van der Waals surface area contributed by atoms with E-state index in [-0.39, 0.29) is 0 Å². The minimum absolute atomic E-state index is 0.501. The number of hydrogen-bond donors (Lipinski definition) is 2. The van der Waals surface area contributed by atoms with Crippen LogP contribution in [-0.2, 0) is 6.61 Å². The second-order valence-corrected chi connectivity index (χ2v) is 8.21. The standard InChI is InChI=1S/C25H18N6O/c1-12-28-19-11-32-20-10-15(4-6-17(20)21(19)29-12)14-3-5-16-18(9-14)22-24(27-8-7-26-22)25-23(16)30-13(2)31-25/h3-10H,11H2,1-2H3,(H,28,29)(H,30,31). The second kappa shape index (κ2) is 6.13. The van der Waals surface area contributed by atoms with Gasteiger partial charge in [0.15, 0.2) is 0 Å². The molecule has 2 N–H and O–H groups in total. The molecule has 3 aromatic carbocycles. The quantitative estimate of drug-likeness (QED) is 0.357. The van der Waals surface area contributed by atoms with E-state index in [0.717, 1.165) is 78.3 Å². The summed E-state index contributed by atoms with van der Waals surface area (Å²) in [5, 5.41) is 2.10. The van der Waals surface area contributed by atoms with Gasteiger partial charge in [0.2, 0.25) is 0 Å². The number of aryl methyl sites for hydroxylation is 2. The Balaban J connectivity index is 1.45. The fourth-order valence-corrected chi connectivity index (χ4v) is 4.74. The van der Waals surface area contributed by atoms with Crippen LogP contribution in [0.1, 0.15) is 17.3 Å². The minimum Gasteiger partial charge on any atom is -0.487 e. The van der Waals surface area contributed by atoms with Crippen molar-refractivity contribution in [2.45, 2.75) is 20.5 Å². The third kappa shape index (κ3) is 2.36. The van der Waals surface area contributed by atoms with Crippen LogP contribution < -0.4 is 4.74 Å². The van der Waals surface area contributed by atoms with Crippen molar-refractivity contribution in [3.63, 3.8) is 0 Å². The molecular formula is C25H18N6O. The van der Waals surface area contributed by atoms with Gasteiger partial charge in [0.05, 0.1) is 27.9 Å². The highest BCUT2D eigenvalue weighted by atomic mass is 16.5. The summed E-state index contributed by atoms with van der Waals surface area (Å²) in [6.07, 6.45) is 3.46. The van der Waals surface area contributed by atoms with E-state index < -0.39 is 0 Å². The monoisotopic (exact) mass is 418 g/mol. The first-order valence-electron chi connectivity index (χ1n) is 10.5. The minimum atomic E-state index is 0.501. The molecule has 7 rings (SSSR count). The van der Waals surface area contributed by atoms with Gasteiger partial charge in [0, 0.05) is 28.7 Å². The van der Waals surface area contributed by atoms with Gasteiger partial charge in [-0.25, -0.2) is 9.97 Å². The third-order valence-corrected chi connectivity index (χ3v) is 6.13. The molecule has 0 saturated heterocycles. The van der Waals surface area contributed by atoms with Crippen LogP contribution >= 0.6 is 0 Å². The molecule has 0 fully saturated rings. The van der Waals surface area contributed by atoms with Crippen molar-refractivity contribution in [2.24, 2.45) is 0 Å².